The van der Waals surface area contributed by atoms with Crippen molar-refractivity contribution in [3.63, 3.8) is 0 Å². The molecule has 2 aromatic carbocycles. The number of fused-ring (bicyclic) bond motifs is 10. The third-order valence-electron chi connectivity index (χ3n) is 11.5. The van der Waals surface area contributed by atoms with Crippen LogP contribution in [0.2, 0.25) is 0 Å². The number of hydrogen-bond donors (Lipinski definition) is 0. The molecular formula is C36H32N4O6. The van der Waals surface area contributed by atoms with Gasteiger partial charge in [-0.15, -0.1) is 0 Å². The molecule has 10 nitrogen and oxygen atoms in total. The van der Waals surface area contributed by atoms with E-state index in [-0.39, 0.29) is 82.8 Å². The summed E-state index contributed by atoms with van der Waals surface area (Å²) in [5.41, 5.74) is 1.90. The van der Waals surface area contributed by atoms with E-state index in [1.54, 1.807) is 58.3 Å². The molecule has 9 rings (SSSR count). The molecule has 4 bridgehead atoms. The fraction of sp³-hybridized carbons (Fsp3) is 0.389. The number of amides is 6. The highest BCUT2D eigenvalue weighted by Crippen LogP contribution is 2.54. The zero-order chi connectivity index (χ0) is 31.4. The van der Waals surface area contributed by atoms with E-state index in [4.69, 9.17) is 0 Å². The lowest BCUT2D eigenvalue weighted by Gasteiger charge is -2.35. The van der Waals surface area contributed by atoms with Gasteiger partial charge >= 0.3 is 0 Å². The molecule has 7 aliphatic rings. The normalized spacial score (nSPS) is 33.6. The molecule has 0 unspecified atom stereocenters. The monoisotopic (exact) mass is 616 g/mol. The molecule has 10 heteroatoms. The predicted molar refractivity (Wildman–Crippen MR) is 165 cm³/mol. The molecule has 3 aliphatic heterocycles. The molecule has 2 saturated carbocycles. The quantitative estimate of drug-likeness (QED) is 0.386. The number of nitrogens with zero attached hydrogens (tertiary/aromatic N) is 4. The summed E-state index contributed by atoms with van der Waals surface area (Å²) in [7, 11) is 0. The van der Waals surface area contributed by atoms with Gasteiger partial charge in [-0.1, -0.05) is 24.3 Å². The number of imide groups is 2. The molecule has 4 aliphatic carbocycles. The summed E-state index contributed by atoms with van der Waals surface area (Å²) in [5, 5.41) is 0. The zero-order valence-electron chi connectivity index (χ0n) is 25.0. The summed E-state index contributed by atoms with van der Waals surface area (Å²) < 4.78 is 0. The summed E-state index contributed by atoms with van der Waals surface area (Å²) in [5.74, 6) is -1.46. The molecule has 0 aromatic heterocycles. The summed E-state index contributed by atoms with van der Waals surface area (Å²) >= 11 is 0. The summed E-state index contributed by atoms with van der Waals surface area (Å²) in [6.45, 7) is 1.45. The molecule has 8 atom stereocenters. The maximum Gasteiger partial charge on any atom is 0.253 e. The molecule has 232 valence electrons. The van der Waals surface area contributed by atoms with Crippen LogP contribution in [-0.2, 0) is 19.2 Å². The number of carbonyl (C=O) groups excluding carboxylic acids is 6. The van der Waals surface area contributed by atoms with Crippen LogP contribution in [0.25, 0.3) is 0 Å². The van der Waals surface area contributed by atoms with Crippen molar-refractivity contribution in [1.82, 2.24) is 9.80 Å². The van der Waals surface area contributed by atoms with Gasteiger partial charge in [0, 0.05) is 37.3 Å². The maximum absolute atomic E-state index is 13.3. The van der Waals surface area contributed by atoms with E-state index in [1.807, 2.05) is 0 Å². The van der Waals surface area contributed by atoms with Crippen molar-refractivity contribution in [3.05, 3.63) is 84.0 Å². The van der Waals surface area contributed by atoms with Crippen molar-refractivity contribution in [1.29, 1.82) is 0 Å². The second-order valence-corrected chi connectivity index (χ2v) is 13.7. The third-order valence-corrected chi connectivity index (χ3v) is 11.5. The second kappa shape index (κ2) is 9.82. The van der Waals surface area contributed by atoms with Crippen molar-refractivity contribution in [2.75, 3.05) is 36.0 Å². The molecule has 0 N–H and O–H groups in total. The minimum absolute atomic E-state index is 0.140. The third kappa shape index (κ3) is 3.75. The minimum atomic E-state index is -0.271. The van der Waals surface area contributed by atoms with Crippen molar-refractivity contribution < 1.29 is 28.8 Å². The van der Waals surface area contributed by atoms with Crippen molar-refractivity contribution in [3.8, 4) is 0 Å². The Morgan fingerprint density at radius 2 is 0.739 bits per heavy atom. The Hall–Kier alpha value is -4.86. The van der Waals surface area contributed by atoms with Gasteiger partial charge in [-0.05, 0) is 85.0 Å². The number of carbonyl (C=O) groups is 6. The van der Waals surface area contributed by atoms with Crippen LogP contribution in [0.1, 0.15) is 33.6 Å². The number of rotatable bonds is 4. The Morgan fingerprint density at radius 1 is 0.457 bits per heavy atom. The largest absolute Gasteiger partial charge is 0.335 e. The van der Waals surface area contributed by atoms with E-state index < -0.39 is 0 Å². The van der Waals surface area contributed by atoms with Gasteiger partial charge in [0.2, 0.25) is 23.6 Å². The predicted octanol–water partition coefficient (Wildman–Crippen LogP) is 2.91. The van der Waals surface area contributed by atoms with Crippen LogP contribution < -0.4 is 9.80 Å². The van der Waals surface area contributed by atoms with Gasteiger partial charge < -0.3 is 9.80 Å². The van der Waals surface area contributed by atoms with E-state index in [0.29, 0.717) is 48.7 Å². The highest BCUT2D eigenvalue weighted by Gasteiger charge is 2.60. The van der Waals surface area contributed by atoms with E-state index in [1.165, 1.54) is 9.80 Å². The first-order chi connectivity index (χ1) is 22.3. The van der Waals surface area contributed by atoms with Gasteiger partial charge in [-0.2, -0.15) is 0 Å². The lowest BCUT2D eigenvalue weighted by Crippen LogP contribution is -2.50. The molecule has 0 radical (unpaired) electrons. The second-order valence-electron chi connectivity index (χ2n) is 13.7. The standard InChI is InChI=1S/C36H32N4O6/c41-31(19-5-9-25(10-6-19)39-33(43)27-21-1-2-22(17-21)28(27)34(39)44)37-13-15-38(16-14-37)32(42)20-7-11-26(12-8-20)40-35(45)29-23-3-4-24(18-23)30(29)36(40)46/h1-12,21-24,27-30H,13-18H2/t21-,22-,23-,24-,27+,28+,29+,30+/m0/s1. The number of benzene rings is 2. The zero-order valence-corrected chi connectivity index (χ0v) is 25.0. The van der Waals surface area contributed by atoms with E-state index in [9.17, 15) is 28.8 Å². The molecule has 6 amide bonds. The van der Waals surface area contributed by atoms with Crippen LogP contribution in [0.4, 0.5) is 11.4 Å². The van der Waals surface area contributed by atoms with E-state index in [0.717, 1.165) is 12.8 Å². The van der Waals surface area contributed by atoms with Gasteiger partial charge in [0.15, 0.2) is 0 Å². The van der Waals surface area contributed by atoms with Crippen molar-refractivity contribution in [2.45, 2.75) is 12.8 Å². The maximum atomic E-state index is 13.3. The summed E-state index contributed by atoms with van der Waals surface area (Å²) in [6, 6.07) is 13.3. The molecule has 2 aromatic rings. The molecule has 5 fully saturated rings. The fourth-order valence-corrected chi connectivity index (χ4v) is 9.30. The highest BCUT2D eigenvalue weighted by molar-refractivity contribution is 6.23. The van der Waals surface area contributed by atoms with E-state index in [2.05, 4.69) is 24.3 Å². The Kier molecular flexibility index (Phi) is 5.86. The summed E-state index contributed by atoms with van der Waals surface area (Å²) in [4.78, 5) is 85.1. The number of piperazine rings is 1. The average Bonchev–Trinajstić information content (AvgIpc) is 3.94. The number of allylic oxidation sites excluding steroid dienone is 4. The molecule has 3 saturated heterocycles. The molecule has 46 heavy (non-hydrogen) atoms. The average molecular weight is 617 g/mol. The van der Waals surface area contributed by atoms with Gasteiger partial charge in [0.05, 0.1) is 35.0 Å². The smallest absolute Gasteiger partial charge is 0.253 e. The first-order valence-corrected chi connectivity index (χ1v) is 16.2. The first-order valence-electron chi connectivity index (χ1n) is 16.2. The number of anilines is 2. The van der Waals surface area contributed by atoms with Crippen LogP contribution in [0.5, 0.6) is 0 Å². The SMILES string of the molecule is O=C(c1ccc(N2C(=O)[C@H]3[C@H](C2=O)[C@H]2C=C[C@H]3C2)cc1)N1CCN(C(=O)c2ccc(N3C(=O)[C@H]4[C@H](C3=O)[C@H]3C=C[C@H]4C3)cc2)CC1. The summed E-state index contributed by atoms with van der Waals surface area (Å²) in [6.07, 6.45) is 10.0. The van der Waals surface area contributed by atoms with E-state index >= 15 is 0 Å². The number of hydrogen-bond acceptors (Lipinski definition) is 6. The van der Waals surface area contributed by atoms with Crippen molar-refractivity contribution >= 4 is 46.8 Å². The fourth-order valence-electron chi connectivity index (χ4n) is 9.30. The Bertz CT molecular complexity index is 1600. The van der Waals surface area contributed by atoms with Crippen LogP contribution in [0, 0.1) is 47.3 Å². The minimum Gasteiger partial charge on any atom is -0.335 e. The van der Waals surface area contributed by atoms with Crippen molar-refractivity contribution in [2.24, 2.45) is 47.3 Å². The van der Waals surface area contributed by atoms with Crippen LogP contribution >= 0.6 is 0 Å². The lowest BCUT2D eigenvalue weighted by atomic mass is 9.85. The van der Waals surface area contributed by atoms with Gasteiger partial charge in [-0.3, -0.25) is 38.6 Å². The molecule has 0 spiro atoms. The lowest BCUT2D eigenvalue weighted by molar-refractivity contribution is -0.124. The topological polar surface area (TPSA) is 115 Å². The van der Waals surface area contributed by atoms with Crippen LogP contribution in [-0.4, -0.2) is 71.4 Å². The first kappa shape index (κ1) is 27.5. The van der Waals surface area contributed by atoms with Gasteiger partial charge in [-0.25, -0.2) is 0 Å². The Labute approximate surface area is 265 Å². The van der Waals surface area contributed by atoms with Gasteiger partial charge in [0.1, 0.15) is 0 Å². The van der Waals surface area contributed by atoms with Crippen LogP contribution in [0.3, 0.4) is 0 Å². The highest BCUT2D eigenvalue weighted by atomic mass is 16.2. The molecule has 3 heterocycles. The Morgan fingerprint density at radius 3 is 1.02 bits per heavy atom. The van der Waals surface area contributed by atoms with Gasteiger partial charge in [0.25, 0.3) is 11.8 Å². The van der Waals surface area contributed by atoms with Crippen LogP contribution in [0.15, 0.2) is 72.8 Å². The Balaban J connectivity index is 0.818. The molecular weight excluding hydrogens is 584 g/mol.